The number of esters is 1. The Hall–Kier alpha value is -3.14. The average molecular weight is 422 g/mol. The Labute approximate surface area is 154 Å². The Morgan fingerprint density at radius 2 is 1.85 bits per heavy atom. The van der Waals surface area contributed by atoms with Crippen molar-refractivity contribution >= 4 is 39.5 Å². The third-order valence-corrected chi connectivity index (χ3v) is 4.46. The second-order valence-electron chi connectivity index (χ2n) is 5.27. The van der Waals surface area contributed by atoms with Gasteiger partial charge in [0.05, 0.1) is 36.6 Å². The number of aromatic nitrogens is 1. The Morgan fingerprint density at radius 3 is 2.46 bits per heavy atom. The summed E-state index contributed by atoms with van der Waals surface area (Å²) in [4.78, 5) is 48.6. The fourth-order valence-electron chi connectivity index (χ4n) is 2.69. The highest BCUT2D eigenvalue weighted by atomic mass is 79.9. The van der Waals surface area contributed by atoms with E-state index in [4.69, 9.17) is 15.2 Å². The van der Waals surface area contributed by atoms with Crippen LogP contribution in [0.1, 0.15) is 31.1 Å². The normalized spacial score (nSPS) is 12.6. The van der Waals surface area contributed by atoms with Gasteiger partial charge in [0.15, 0.2) is 0 Å². The van der Waals surface area contributed by atoms with E-state index in [0.29, 0.717) is 10.2 Å². The van der Waals surface area contributed by atoms with Gasteiger partial charge in [-0.05, 0) is 28.1 Å². The summed E-state index contributed by atoms with van der Waals surface area (Å²) in [5.41, 5.74) is 5.13. The van der Waals surface area contributed by atoms with Crippen LogP contribution >= 0.6 is 15.9 Å². The van der Waals surface area contributed by atoms with Crippen LogP contribution in [0, 0.1) is 0 Å². The lowest BCUT2D eigenvalue weighted by Gasteiger charge is -2.17. The van der Waals surface area contributed by atoms with E-state index in [1.807, 2.05) is 0 Å². The molecule has 3 N–H and O–H groups in total. The third kappa shape index (κ3) is 2.54. The minimum atomic E-state index is -0.744. The van der Waals surface area contributed by atoms with Crippen LogP contribution in [0.4, 0.5) is 5.82 Å². The summed E-state index contributed by atoms with van der Waals surface area (Å²) in [5.74, 6) is -2.11. The van der Waals surface area contributed by atoms with Crippen LogP contribution in [-0.2, 0) is 4.74 Å². The van der Waals surface area contributed by atoms with Gasteiger partial charge in [-0.3, -0.25) is 24.3 Å². The van der Waals surface area contributed by atoms with Crippen LogP contribution in [-0.4, -0.2) is 36.6 Å². The van der Waals surface area contributed by atoms with Crippen LogP contribution in [0.25, 0.3) is 5.69 Å². The van der Waals surface area contributed by atoms with Gasteiger partial charge in [-0.1, -0.05) is 0 Å². The van der Waals surface area contributed by atoms with Gasteiger partial charge >= 0.3 is 5.97 Å². The summed E-state index contributed by atoms with van der Waals surface area (Å²) in [6.07, 6.45) is 0. The molecule has 1 aliphatic rings. The number of nitrogens with two attached hydrogens (primary N) is 1. The van der Waals surface area contributed by atoms with Gasteiger partial charge in [0.25, 0.3) is 17.4 Å². The molecule has 0 fully saturated rings. The van der Waals surface area contributed by atoms with Crippen molar-refractivity contribution in [2.75, 3.05) is 20.0 Å². The number of imide groups is 1. The van der Waals surface area contributed by atoms with Gasteiger partial charge in [-0.25, -0.2) is 4.79 Å². The quantitative estimate of drug-likeness (QED) is 0.554. The van der Waals surface area contributed by atoms with E-state index in [9.17, 15) is 19.2 Å². The number of nitrogen functional groups attached to an aromatic ring is 1. The number of benzene rings is 1. The first-order chi connectivity index (χ1) is 12.3. The maximum Gasteiger partial charge on any atom is 0.340 e. The summed E-state index contributed by atoms with van der Waals surface area (Å²) >= 11 is 3.28. The lowest BCUT2D eigenvalue weighted by molar-refractivity contribution is 0.0600. The predicted octanol–water partition coefficient (Wildman–Crippen LogP) is 0.861. The minimum absolute atomic E-state index is 0.0165. The summed E-state index contributed by atoms with van der Waals surface area (Å²) < 4.78 is 11.1. The molecule has 0 unspecified atom stereocenters. The lowest BCUT2D eigenvalue weighted by Crippen LogP contribution is -2.26. The van der Waals surface area contributed by atoms with E-state index < -0.39 is 23.3 Å². The number of hydrogen-bond donors (Lipinski definition) is 2. The smallest absolute Gasteiger partial charge is 0.340 e. The lowest BCUT2D eigenvalue weighted by atomic mass is 10.1. The monoisotopic (exact) mass is 421 g/mol. The van der Waals surface area contributed by atoms with Crippen LogP contribution in [0.5, 0.6) is 5.75 Å². The summed E-state index contributed by atoms with van der Waals surface area (Å²) in [6.45, 7) is 0. The fourth-order valence-corrected chi connectivity index (χ4v) is 3.31. The fraction of sp³-hybridized carbons (Fsp3) is 0.125. The first kappa shape index (κ1) is 17.7. The maximum absolute atomic E-state index is 12.6. The molecule has 0 aliphatic carbocycles. The first-order valence-corrected chi connectivity index (χ1v) is 7.96. The number of anilines is 1. The van der Waals surface area contributed by atoms with Crippen molar-refractivity contribution in [1.29, 1.82) is 0 Å². The molecule has 0 saturated heterocycles. The zero-order valence-corrected chi connectivity index (χ0v) is 15.2. The Kier molecular flexibility index (Phi) is 4.28. The number of hydrogen-bond acceptors (Lipinski definition) is 7. The van der Waals surface area contributed by atoms with E-state index in [2.05, 4.69) is 21.2 Å². The van der Waals surface area contributed by atoms with Crippen molar-refractivity contribution < 1.29 is 23.9 Å². The molecule has 10 heteroatoms. The van der Waals surface area contributed by atoms with E-state index in [-0.39, 0.29) is 28.2 Å². The molecule has 0 saturated carbocycles. The summed E-state index contributed by atoms with van der Waals surface area (Å²) in [6, 6.07) is 3.88. The number of nitrogens with zero attached hydrogens (tertiary/aromatic N) is 1. The van der Waals surface area contributed by atoms with E-state index in [0.717, 1.165) is 10.6 Å². The van der Waals surface area contributed by atoms with Crippen molar-refractivity contribution in [1.82, 2.24) is 9.88 Å². The number of carbonyl (C=O) groups is 3. The summed E-state index contributed by atoms with van der Waals surface area (Å²) in [5, 5.41) is 2.08. The number of rotatable bonds is 3. The standard InChI is InChI=1S/C16H12BrN3O6/c1-25-6-3-8(16(24)26-2)12(9(17)4-6)20-10(21)5-7-11(13(20)18)15(23)19-14(7)22/h3-5H,18H2,1-2H3,(H,19,22,23). The third-order valence-electron chi connectivity index (χ3n) is 3.85. The number of halogens is 1. The highest BCUT2D eigenvalue weighted by Gasteiger charge is 2.33. The average Bonchev–Trinajstić information content (AvgIpc) is 2.88. The number of ether oxygens (including phenoxy) is 2. The largest absolute Gasteiger partial charge is 0.497 e. The predicted molar refractivity (Wildman–Crippen MR) is 93.8 cm³/mol. The molecule has 0 atom stereocenters. The molecule has 9 nitrogen and oxygen atoms in total. The number of pyridine rings is 1. The zero-order chi connectivity index (χ0) is 19.2. The van der Waals surface area contributed by atoms with Crippen molar-refractivity contribution in [3.8, 4) is 11.4 Å². The van der Waals surface area contributed by atoms with Crippen molar-refractivity contribution in [3.05, 3.63) is 49.7 Å². The molecule has 2 heterocycles. The minimum Gasteiger partial charge on any atom is -0.497 e. The highest BCUT2D eigenvalue weighted by molar-refractivity contribution is 9.10. The first-order valence-electron chi connectivity index (χ1n) is 7.17. The zero-order valence-electron chi connectivity index (χ0n) is 13.6. The van der Waals surface area contributed by atoms with Crippen LogP contribution < -0.4 is 21.3 Å². The van der Waals surface area contributed by atoms with Gasteiger partial charge in [0.2, 0.25) is 0 Å². The van der Waals surface area contributed by atoms with Gasteiger partial charge in [-0.2, -0.15) is 0 Å². The molecule has 0 bridgehead atoms. The van der Waals surface area contributed by atoms with Gasteiger partial charge in [0, 0.05) is 10.5 Å². The summed E-state index contributed by atoms with van der Waals surface area (Å²) in [7, 11) is 2.59. The van der Waals surface area contributed by atoms with Crippen molar-refractivity contribution in [2.45, 2.75) is 0 Å². The molecular weight excluding hydrogens is 410 g/mol. The molecule has 1 aliphatic heterocycles. The van der Waals surface area contributed by atoms with Gasteiger partial charge < -0.3 is 15.2 Å². The molecule has 1 aromatic carbocycles. The topological polar surface area (TPSA) is 130 Å². The number of fused-ring (bicyclic) bond motifs is 1. The molecule has 2 aromatic rings. The maximum atomic E-state index is 12.6. The molecule has 0 radical (unpaired) electrons. The van der Waals surface area contributed by atoms with E-state index in [1.54, 1.807) is 0 Å². The molecule has 134 valence electrons. The van der Waals surface area contributed by atoms with E-state index in [1.165, 1.54) is 26.4 Å². The van der Waals surface area contributed by atoms with Crippen LogP contribution in [0.15, 0.2) is 27.5 Å². The van der Waals surface area contributed by atoms with Gasteiger partial charge in [-0.15, -0.1) is 0 Å². The molecule has 0 spiro atoms. The second-order valence-corrected chi connectivity index (χ2v) is 6.13. The Morgan fingerprint density at radius 1 is 1.15 bits per heavy atom. The molecular formula is C16H12BrN3O6. The van der Waals surface area contributed by atoms with Crippen molar-refractivity contribution in [2.24, 2.45) is 0 Å². The number of carbonyl (C=O) groups excluding carboxylic acids is 3. The molecule has 1 aromatic heterocycles. The Bertz CT molecular complexity index is 1040. The van der Waals surface area contributed by atoms with Crippen LogP contribution in [0.3, 0.4) is 0 Å². The number of methoxy groups -OCH3 is 2. The molecule has 3 rings (SSSR count). The highest BCUT2D eigenvalue weighted by Crippen LogP contribution is 2.33. The molecule has 2 amide bonds. The molecule has 26 heavy (non-hydrogen) atoms. The Balaban J connectivity index is 2.41. The second kappa shape index (κ2) is 6.30. The van der Waals surface area contributed by atoms with E-state index >= 15 is 0 Å². The number of amides is 2. The van der Waals surface area contributed by atoms with Gasteiger partial charge in [0.1, 0.15) is 11.6 Å². The number of nitrogens with one attached hydrogen (secondary N) is 1. The van der Waals surface area contributed by atoms with Crippen molar-refractivity contribution in [3.63, 3.8) is 0 Å². The van der Waals surface area contributed by atoms with Crippen LogP contribution in [0.2, 0.25) is 0 Å². The SMILES string of the molecule is COC(=O)c1cc(OC)cc(Br)c1-n1c(N)c2c(cc1=O)C(=O)NC2=O.